The summed E-state index contributed by atoms with van der Waals surface area (Å²) in [5.41, 5.74) is 5.56. The number of hydrogen-bond acceptors (Lipinski definition) is 3. The molecule has 2 rings (SSSR count). The van der Waals surface area contributed by atoms with Crippen LogP contribution < -0.4 is 15.4 Å². The van der Waals surface area contributed by atoms with E-state index in [-0.39, 0.29) is 17.5 Å². The minimum atomic E-state index is -2.22. The van der Waals surface area contributed by atoms with E-state index >= 15 is 0 Å². The third-order valence-corrected chi connectivity index (χ3v) is 12.9. The van der Waals surface area contributed by atoms with Gasteiger partial charge in [-0.05, 0) is 0 Å². The summed E-state index contributed by atoms with van der Waals surface area (Å²) < 4.78 is 5.33. The minimum absolute atomic E-state index is 0.00314. The van der Waals surface area contributed by atoms with Gasteiger partial charge in [-0.1, -0.05) is 0 Å². The van der Waals surface area contributed by atoms with Crippen LogP contribution in [-0.2, 0) is 9.59 Å². The van der Waals surface area contributed by atoms with Crippen LogP contribution in [0.15, 0.2) is 30.3 Å². The molecule has 2 aromatic carbocycles. The molecular weight excluding hydrogens is 419 g/mol. The number of carbonyl (C=O) groups is 2. The normalized spacial score (nSPS) is 12.8. The van der Waals surface area contributed by atoms with E-state index in [0.717, 1.165) is 51.7 Å². The second-order valence-corrected chi connectivity index (χ2v) is 14.3. The fourth-order valence-corrected chi connectivity index (χ4v) is 8.42. The summed E-state index contributed by atoms with van der Waals surface area (Å²) in [6.07, 6.45) is 2.18. The van der Waals surface area contributed by atoms with Crippen molar-refractivity contribution < 1.29 is 14.3 Å². The first-order valence-corrected chi connectivity index (χ1v) is 14.1. The summed E-state index contributed by atoms with van der Waals surface area (Å²) in [5, 5.41) is 6.28. The number of methoxy groups -OCH3 is 1. The van der Waals surface area contributed by atoms with Gasteiger partial charge in [0.2, 0.25) is 0 Å². The number of aryl methyl sites for hydroxylation is 4. The van der Waals surface area contributed by atoms with Crippen molar-refractivity contribution in [2.45, 2.75) is 54.1 Å². The van der Waals surface area contributed by atoms with Gasteiger partial charge >= 0.3 is 193 Å². The summed E-state index contributed by atoms with van der Waals surface area (Å²) in [6.45, 7) is 14.2. The number of para-hydroxylation sites is 1. The van der Waals surface area contributed by atoms with Crippen molar-refractivity contribution in [2.24, 2.45) is 0 Å². The van der Waals surface area contributed by atoms with Crippen LogP contribution in [0.4, 0.5) is 11.4 Å². The third kappa shape index (κ3) is 5.69. The number of ether oxygens (including phenoxy) is 1. The standard InChI is InChI=1S/C26H39N2O3P/c1-9-32(10-2,16-23(29)27-24-17(3)12-11-13-18(24)4)21(7)26(30)28-25-19(5)14-22(31-8)15-20(25)6/h11-15,21,32H,9-10,16H2,1-8H3,(H,27,29)(H,28,30). The molecule has 32 heavy (non-hydrogen) atoms. The SMILES string of the molecule is CC[PH](CC)(CC(=O)Nc1c(C)cccc1C)C(C)C(=O)Nc1c(C)cc(OC)cc1C. The van der Waals surface area contributed by atoms with Gasteiger partial charge in [-0.25, -0.2) is 0 Å². The molecule has 2 N–H and O–H groups in total. The summed E-state index contributed by atoms with van der Waals surface area (Å²) in [4.78, 5) is 26.4. The average Bonchev–Trinajstić information content (AvgIpc) is 2.76. The van der Waals surface area contributed by atoms with E-state index in [9.17, 15) is 9.59 Å². The van der Waals surface area contributed by atoms with Crippen molar-refractivity contribution >= 4 is 30.5 Å². The van der Waals surface area contributed by atoms with Crippen LogP contribution in [0.25, 0.3) is 0 Å². The Kier molecular flexibility index (Phi) is 8.86. The molecule has 0 aliphatic rings. The molecule has 0 saturated carbocycles. The van der Waals surface area contributed by atoms with E-state index in [1.165, 1.54) is 0 Å². The van der Waals surface area contributed by atoms with Gasteiger partial charge in [0, 0.05) is 0 Å². The maximum absolute atomic E-state index is 13.3. The first-order valence-electron chi connectivity index (χ1n) is 11.4. The summed E-state index contributed by atoms with van der Waals surface area (Å²) in [5.74, 6) is 0.783. The van der Waals surface area contributed by atoms with E-state index in [1.54, 1.807) is 7.11 Å². The van der Waals surface area contributed by atoms with Crippen LogP contribution in [0.3, 0.4) is 0 Å². The van der Waals surface area contributed by atoms with E-state index in [1.807, 2.05) is 65.0 Å². The molecule has 1 unspecified atom stereocenters. The van der Waals surface area contributed by atoms with Crippen LogP contribution in [0.1, 0.15) is 43.0 Å². The summed E-state index contributed by atoms with van der Waals surface area (Å²) >= 11 is 0. The molecule has 0 aromatic heterocycles. The van der Waals surface area contributed by atoms with Crippen molar-refractivity contribution in [1.29, 1.82) is 0 Å². The van der Waals surface area contributed by atoms with Gasteiger partial charge in [0.1, 0.15) is 0 Å². The summed E-state index contributed by atoms with van der Waals surface area (Å²) in [6, 6.07) is 9.85. The number of hydrogen-bond donors (Lipinski definition) is 2. The molecule has 0 spiro atoms. The Bertz CT molecular complexity index is 940. The van der Waals surface area contributed by atoms with E-state index in [0.29, 0.717) is 6.16 Å². The summed E-state index contributed by atoms with van der Waals surface area (Å²) in [7, 11) is -0.577. The Morgan fingerprint density at radius 3 is 1.88 bits per heavy atom. The van der Waals surface area contributed by atoms with Crippen LogP contribution in [-0.4, -0.2) is 43.1 Å². The molecule has 0 fully saturated rings. The zero-order valence-electron chi connectivity index (χ0n) is 20.8. The number of benzene rings is 2. The topological polar surface area (TPSA) is 67.4 Å². The number of amides is 2. The molecule has 1 atom stereocenters. The number of nitrogens with one attached hydrogen (secondary N) is 2. The second kappa shape index (κ2) is 11.0. The zero-order chi connectivity index (χ0) is 24.1. The number of carbonyl (C=O) groups excluding carboxylic acids is 2. The zero-order valence-corrected chi connectivity index (χ0v) is 21.8. The molecule has 0 bridgehead atoms. The third-order valence-electron chi connectivity index (χ3n) is 6.97. The van der Waals surface area contributed by atoms with Crippen LogP contribution in [0, 0.1) is 27.7 Å². The van der Waals surface area contributed by atoms with Crippen molar-refractivity contribution in [1.82, 2.24) is 0 Å². The molecule has 2 aromatic rings. The Labute approximate surface area is 193 Å². The van der Waals surface area contributed by atoms with Gasteiger partial charge in [0.05, 0.1) is 0 Å². The molecular formula is C26H39N2O3P. The Morgan fingerprint density at radius 2 is 1.41 bits per heavy atom. The number of rotatable bonds is 9. The first kappa shape index (κ1) is 25.9. The molecule has 0 aliphatic carbocycles. The molecule has 0 heterocycles. The van der Waals surface area contributed by atoms with E-state index in [4.69, 9.17) is 4.74 Å². The molecule has 0 radical (unpaired) electrons. The Hall–Kier alpha value is -2.39. The monoisotopic (exact) mass is 458 g/mol. The molecule has 176 valence electrons. The van der Waals surface area contributed by atoms with Gasteiger partial charge in [-0.3, -0.25) is 0 Å². The quantitative estimate of drug-likeness (QED) is 0.475. The Balaban J connectivity index is 2.22. The van der Waals surface area contributed by atoms with Crippen LogP contribution in [0.5, 0.6) is 5.75 Å². The number of anilines is 2. The van der Waals surface area contributed by atoms with Crippen LogP contribution in [0.2, 0.25) is 0 Å². The average molecular weight is 459 g/mol. The fourth-order valence-electron chi connectivity index (χ4n) is 4.53. The van der Waals surface area contributed by atoms with Crippen LogP contribution >= 0.6 is 7.26 Å². The second-order valence-electron chi connectivity index (χ2n) is 8.91. The van der Waals surface area contributed by atoms with E-state index < -0.39 is 7.26 Å². The van der Waals surface area contributed by atoms with Crippen molar-refractivity contribution in [3.05, 3.63) is 52.6 Å². The van der Waals surface area contributed by atoms with Crippen molar-refractivity contribution in [2.75, 3.05) is 36.2 Å². The molecule has 5 nitrogen and oxygen atoms in total. The molecule has 2 amide bonds. The van der Waals surface area contributed by atoms with Crippen molar-refractivity contribution in [3.63, 3.8) is 0 Å². The predicted octanol–water partition coefficient (Wildman–Crippen LogP) is 5.68. The molecule has 6 heteroatoms. The van der Waals surface area contributed by atoms with Gasteiger partial charge in [0.25, 0.3) is 0 Å². The fraction of sp³-hybridized carbons (Fsp3) is 0.462. The molecule has 0 saturated heterocycles. The predicted molar refractivity (Wildman–Crippen MR) is 139 cm³/mol. The van der Waals surface area contributed by atoms with Gasteiger partial charge < -0.3 is 0 Å². The maximum atomic E-state index is 13.3. The van der Waals surface area contributed by atoms with Gasteiger partial charge in [-0.15, -0.1) is 0 Å². The van der Waals surface area contributed by atoms with Gasteiger partial charge in [-0.2, -0.15) is 0 Å². The van der Waals surface area contributed by atoms with Gasteiger partial charge in [0.15, 0.2) is 0 Å². The van der Waals surface area contributed by atoms with E-state index in [2.05, 4.69) is 24.5 Å². The molecule has 0 aliphatic heterocycles. The van der Waals surface area contributed by atoms with Crippen molar-refractivity contribution in [3.8, 4) is 5.75 Å². The first-order chi connectivity index (χ1) is 15.1. The Morgan fingerprint density at radius 1 is 0.906 bits per heavy atom.